The van der Waals surface area contributed by atoms with Gasteiger partial charge in [0.05, 0.1) is 0 Å². The van der Waals surface area contributed by atoms with Crippen LogP contribution in [0.15, 0.2) is 24.3 Å². The maximum Gasteiger partial charge on any atom is 0.326 e. The molecule has 4 nitrogen and oxygen atoms in total. The van der Waals surface area contributed by atoms with Gasteiger partial charge in [-0.05, 0) is 30.2 Å². The van der Waals surface area contributed by atoms with Gasteiger partial charge in [0.15, 0.2) is 0 Å². The lowest BCUT2D eigenvalue weighted by Gasteiger charge is -2.20. The molecule has 0 saturated carbocycles. The second kappa shape index (κ2) is 6.14. The Balaban J connectivity index is 2.78. The van der Waals surface area contributed by atoms with Crippen molar-refractivity contribution >= 4 is 11.9 Å². The molecule has 0 heterocycles. The summed E-state index contributed by atoms with van der Waals surface area (Å²) in [5.74, 6) is -2.20. The van der Waals surface area contributed by atoms with Gasteiger partial charge in [0, 0.05) is 5.56 Å². The van der Waals surface area contributed by atoms with E-state index in [9.17, 15) is 14.0 Å². The van der Waals surface area contributed by atoms with Crippen LogP contribution in [-0.4, -0.2) is 23.0 Å². The molecule has 0 aromatic heterocycles. The van der Waals surface area contributed by atoms with E-state index in [1.54, 1.807) is 6.92 Å². The van der Waals surface area contributed by atoms with Crippen LogP contribution in [0.2, 0.25) is 0 Å². The molecular formula is C13H16FNO3. The molecule has 18 heavy (non-hydrogen) atoms. The summed E-state index contributed by atoms with van der Waals surface area (Å²) in [7, 11) is 0. The first-order valence-corrected chi connectivity index (χ1v) is 5.75. The lowest BCUT2D eigenvalue weighted by molar-refractivity contribution is -0.140. The number of rotatable bonds is 5. The first kappa shape index (κ1) is 14.2. The summed E-state index contributed by atoms with van der Waals surface area (Å²) in [6, 6.07) is 4.02. The third-order valence-corrected chi connectivity index (χ3v) is 2.87. The van der Waals surface area contributed by atoms with Crippen LogP contribution >= 0.6 is 0 Å². The van der Waals surface area contributed by atoms with Crippen LogP contribution in [0.3, 0.4) is 0 Å². The van der Waals surface area contributed by atoms with Gasteiger partial charge in [-0.15, -0.1) is 0 Å². The van der Waals surface area contributed by atoms with Gasteiger partial charge in [-0.25, -0.2) is 9.18 Å². The molecule has 0 fully saturated rings. The van der Waals surface area contributed by atoms with E-state index in [2.05, 4.69) is 5.32 Å². The molecule has 1 aromatic carbocycles. The van der Waals surface area contributed by atoms with Crippen molar-refractivity contribution in [2.75, 3.05) is 0 Å². The molecule has 5 heteroatoms. The zero-order valence-corrected chi connectivity index (χ0v) is 10.3. The highest BCUT2D eigenvalue weighted by Gasteiger charge is 2.25. The Morgan fingerprint density at radius 2 is 1.89 bits per heavy atom. The number of carboxylic acid groups (broad SMARTS) is 1. The fourth-order valence-corrected chi connectivity index (χ4v) is 1.51. The van der Waals surface area contributed by atoms with E-state index in [1.165, 1.54) is 12.1 Å². The molecule has 2 atom stereocenters. The molecule has 0 bridgehead atoms. The molecule has 0 radical (unpaired) electrons. The Bertz CT molecular complexity index is 430. The molecular weight excluding hydrogens is 237 g/mol. The Hall–Kier alpha value is -1.91. The summed E-state index contributed by atoms with van der Waals surface area (Å²) < 4.78 is 12.7. The van der Waals surface area contributed by atoms with Crippen molar-refractivity contribution in [3.63, 3.8) is 0 Å². The van der Waals surface area contributed by atoms with Gasteiger partial charge >= 0.3 is 5.97 Å². The lowest BCUT2D eigenvalue weighted by atomic mass is 9.99. The number of nitrogens with one attached hydrogen (secondary N) is 1. The number of benzene rings is 1. The summed E-state index contributed by atoms with van der Waals surface area (Å²) in [4.78, 5) is 22.8. The van der Waals surface area contributed by atoms with E-state index in [-0.39, 0.29) is 11.5 Å². The SMILES string of the molecule is CCC(C)[C@H](NC(=O)c1ccc(F)cc1)C(=O)O. The van der Waals surface area contributed by atoms with Crippen LogP contribution in [0.25, 0.3) is 0 Å². The highest BCUT2D eigenvalue weighted by Crippen LogP contribution is 2.10. The third-order valence-electron chi connectivity index (χ3n) is 2.87. The number of hydrogen-bond donors (Lipinski definition) is 2. The molecule has 98 valence electrons. The number of amides is 1. The summed E-state index contributed by atoms with van der Waals surface area (Å²) >= 11 is 0. The third kappa shape index (κ3) is 3.55. The Kier molecular flexibility index (Phi) is 4.83. The Morgan fingerprint density at radius 1 is 1.33 bits per heavy atom. The van der Waals surface area contributed by atoms with E-state index in [1.807, 2.05) is 6.92 Å². The van der Waals surface area contributed by atoms with Crippen molar-refractivity contribution in [3.05, 3.63) is 35.6 Å². The van der Waals surface area contributed by atoms with Crippen molar-refractivity contribution in [3.8, 4) is 0 Å². The zero-order chi connectivity index (χ0) is 13.7. The second-order valence-corrected chi connectivity index (χ2v) is 4.18. The molecule has 1 aromatic rings. The zero-order valence-electron chi connectivity index (χ0n) is 10.3. The Labute approximate surface area is 105 Å². The monoisotopic (exact) mass is 253 g/mol. The topological polar surface area (TPSA) is 66.4 Å². The van der Waals surface area contributed by atoms with Gasteiger partial charge in [0.2, 0.25) is 0 Å². The molecule has 1 amide bonds. The van der Waals surface area contributed by atoms with Crippen LogP contribution in [0.1, 0.15) is 30.6 Å². The van der Waals surface area contributed by atoms with Crippen molar-refractivity contribution in [2.24, 2.45) is 5.92 Å². The standard InChI is InChI=1S/C13H16FNO3/c1-3-8(2)11(13(17)18)15-12(16)9-4-6-10(14)7-5-9/h4-8,11H,3H2,1-2H3,(H,15,16)(H,17,18)/t8?,11-/m0/s1. The quantitative estimate of drug-likeness (QED) is 0.844. The molecule has 0 spiro atoms. The molecule has 0 aliphatic rings. The van der Waals surface area contributed by atoms with E-state index in [0.29, 0.717) is 6.42 Å². The van der Waals surface area contributed by atoms with E-state index in [0.717, 1.165) is 12.1 Å². The van der Waals surface area contributed by atoms with Crippen molar-refractivity contribution in [2.45, 2.75) is 26.3 Å². The lowest BCUT2D eigenvalue weighted by Crippen LogP contribution is -2.45. The van der Waals surface area contributed by atoms with Crippen LogP contribution in [0.4, 0.5) is 4.39 Å². The molecule has 0 aliphatic carbocycles. The minimum absolute atomic E-state index is 0.174. The predicted molar refractivity (Wildman–Crippen MR) is 64.7 cm³/mol. The summed E-state index contributed by atoms with van der Waals surface area (Å²) in [5.41, 5.74) is 0.242. The minimum Gasteiger partial charge on any atom is -0.480 e. The van der Waals surface area contributed by atoms with E-state index in [4.69, 9.17) is 5.11 Å². The maximum atomic E-state index is 12.7. The molecule has 2 N–H and O–H groups in total. The molecule has 0 saturated heterocycles. The van der Waals surface area contributed by atoms with Gasteiger partial charge in [-0.3, -0.25) is 4.79 Å². The van der Waals surface area contributed by atoms with Gasteiger partial charge in [-0.2, -0.15) is 0 Å². The van der Waals surface area contributed by atoms with Gasteiger partial charge in [-0.1, -0.05) is 20.3 Å². The fourth-order valence-electron chi connectivity index (χ4n) is 1.51. The van der Waals surface area contributed by atoms with Crippen LogP contribution in [0, 0.1) is 11.7 Å². The average molecular weight is 253 g/mol. The first-order valence-electron chi connectivity index (χ1n) is 5.75. The smallest absolute Gasteiger partial charge is 0.326 e. The number of carbonyl (C=O) groups excluding carboxylic acids is 1. The van der Waals surface area contributed by atoms with Gasteiger partial charge < -0.3 is 10.4 Å². The maximum absolute atomic E-state index is 12.7. The summed E-state index contributed by atoms with van der Waals surface area (Å²) in [5, 5.41) is 11.5. The highest BCUT2D eigenvalue weighted by atomic mass is 19.1. The largest absolute Gasteiger partial charge is 0.480 e. The number of hydrogen-bond acceptors (Lipinski definition) is 2. The fraction of sp³-hybridized carbons (Fsp3) is 0.385. The highest BCUT2D eigenvalue weighted by molar-refractivity contribution is 5.96. The first-order chi connectivity index (χ1) is 8.45. The number of carboxylic acids is 1. The summed E-state index contributed by atoms with van der Waals surface area (Å²) in [6.45, 7) is 3.61. The summed E-state index contributed by atoms with van der Waals surface area (Å²) in [6.07, 6.45) is 0.640. The van der Waals surface area contributed by atoms with Crippen LogP contribution in [-0.2, 0) is 4.79 Å². The van der Waals surface area contributed by atoms with E-state index < -0.39 is 23.7 Å². The van der Waals surface area contributed by atoms with Crippen molar-refractivity contribution in [1.82, 2.24) is 5.32 Å². The number of carbonyl (C=O) groups is 2. The average Bonchev–Trinajstić information content (AvgIpc) is 2.35. The van der Waals surface area contributed by atoms with E-state index >= 15 is 0 Å². The Morgan fingerprint density at radius 3 is 2.33 bits per heavy atom. The molecule has 1 unspecified atom stereocenters. The van der Waals surface area contributed by atoms with Crippen LogP contribution < -0.4 is 5.32 Å². The molecule has 1 rings (SSSR count). The second-order valence-electron chi connectivity index (χ2n) is 4.18. The van der Waals surface area contributed by atoms with Gasteiger partial charge in [0.25, 0.3) is 5.91 Å². The predicted octanol–water partition coefficient (Wildman–Crippen LogP) is 2.05. The van der Waals surface area contributed by atoms with Crippen molar-refractivity contribution < 1.29 is 19.1 Å². The minimum atomic E-state index is -1.07. The normalized spacial score (nSPS) is 13.7. The van der Waals surface area contributed by atoms with Crippen LogP contribution in [0.5, 0.6) is 0 Å². The number of aliphatic carboxylic acids is 1. The molecule has 0 aliphatic heterocycles. The number of halogens is 1. The van der Waals surface area contributed by atoms with Gasteiger partial charge in [0.1, 0.15) is 11.9 Å². The van der Waals surface area contributed by atoms with Crippen molar-refractivity contribution in [1.29, 1.82) is 0 Å².